The number of hydrogen-bond donors (Lipinski definition) is 0. The van der Waals surface area contributed by atoms with Gasteiger partial charge in [-0.25, -0.2) is 0 Å². The van der Waals surface area contributed by atoms with Crippen LogP contribution in [-0.4, -0.2) is 13.1 Å². The first kappa shape index (κ1) is 19.9. The Morgan fingerprint density at radius 2 is 1.29 bits per heavy atom. The highest BCUT2D eigenvalue weighted by molar-refractivity contribution is 5.68. The van der Waals surface area contributed by atoms with E-state index < -0.39 is 0 Å². The molecule has 0 heterocycles. The summed E-state index contributed by atoms with van der Waals surface area (Å²) in [5.41, 5.74) is 0. The molecule has 0 rings (SSSR count). The summed E-state index contributed by atoms with van der Waals surface area (Å²) >= 11 is 0. The van der Waals surface area contributed by atoms with Crippen LogP contribution in [0.15, 0.2) is 24.3 Å². The molecule has 21 heavy (non-hydrogen) atoms. The van der Waals surface area contributed by atoms with Gasteiger partial charge in [-0.15, -0.1) is 0 Å². The summed E-state index contributed by atoms with van der Waals surface area (Å²) in [5, 5.41) is 0. The van der Waals surface area contributed by atoms with Gasteiger partial charge in [-0.3, -0.25) is 4.79 Å². The fourth-order valence-electron chi connectivity index (χ4n) is 2.17. The second-order valence-corrected chi connectivity index (χ2v) is 5.54. The Kier molecular flexibility index (Phi) is 16.2. The Morgan fingerprint density at radius 1 is 0.762 bits per heavy atom. The molecule has 0 aromatic heterocycles. The van der Waals surface area contributed by atoms with Crippen LogP contribution in [0.25, 0.3) is 0 Å². The molecule has 0 atom stereocenters. The maximum atomic E-state index is 10.9. The molecule has 0 saturated carbocycles. The van der Waals surface area contributed by atoms with Crippen LogP contribution in [0.1, 0.15) is 84.0 Å². The van der Waals surface area contributed by atoms with E-state index in [4.69, 9.17) is 0 Å². The second kappa shape index (κ2) is 17.0. The number of rotatable bonds is 14. The van der Waals surface area contributed by atoms with Crippen molar-refractivity contribution in [2.75, 3.05) is 7.11 Å². The quantitative estimate of drug-likeness (QED) is 0.224. The van der Waals surface area contributed by atoms with Gasteiger partial charge in [-0.2, -0.15) is 0 Å². The van der Waals surface area contributed by atoms with Gasteiger partial charge in [0.05, 0.1) is 7.11 Å². The average Bonchev–Trinajstić information content (AvgIpc) is 2.50. The monoisotopic (exact) mass is 294 g/mol. The number of carbonyl (C=O) groups is 1. The molecule has 0 spiro atoms. The van der Waals surface area contributed by atoms with Gasteiger partial charge in [-0.05, 0) is 38.5 Å². The van der Waals surface area contributed by atoms with E-state index in [0.29, 0.717) is 6.42 Å². The normalized spacial score (nSPS) is 11.5. The summed E-state index contributed by atoms with van der Waals surface area (Å²) in [7, 11) is 1.46. The lowest BCUT2D eigenvalue weighted by atomic mass is 10.1. The highest BCUT2D eigenvalue weighted by Crippen LogP contribution is 2.09. The first-order chi connectivity index (χ1) is 10.3. The lowest BCUT2D eigenvalue weighted by molar-refractivity contribution is -0.140. The Hall–Kier alpha value is -1.05. The number of allylic oxidation sites excluding steroid dienone is 4. The zero-order valence-corrected chi connectivity index (χ0v) is 14.1. The zero-order chi connectivity index (χ0) is 15.6. The molecule has 2 heteroatoms. The van der Waals surface area contributed by atoms with Gasteiger partial charge in [0, 0.05) is 6.42 Å². The molecule has 0 aromatic carbocycles. The number of carbonyl (C=O) groups excluding carboxylic acids is 1. The van der Waals surface area contributed by atoms with Crippen molar-refractivity contribution in [3.05, 3.63) is 24.3 Å². The van der Waals surface area contributed by atoms with Crippen molar-refractivity contribution < 1.29 is 9.53 Å². The fourth-order valence-corrected chi connectivity index (χ4v) is 2.17. The van der Waals surface area contributed by atoms with Crippen molar-refractivity contribution in [3.8, 4) is 0 Å². The standard InChI is InChI=1S/C19H34O2/c1-3-4-5-6-7-8-9-10-11-12-13-14-15-16-17-18-19(20)21-2/h5-6,9-10H,3-4,7-8,11-18H2,1-2H3/b6-5+,10-9+. The highest BCUT2D eigenvalue weighted by Gasteiger charge is 1.98. The van der Waals surface area contributed by atoms with E-state index in [0.717, 1.165) is 12.8 Å². The van der Waals surface area contributed by atoms with Crippen molar-refractivity contribution in [2.45, 2.75) is 84.0 Å². The second-order valence-electron chi connectivity index (χ2n) is 5.54. The largest absolute Gasteiger partial charge is 0.469 e. The van der Waals surface area contributed by atoms with Crippen LogP contribution in [0.5, 0.6) is 0 Å². The summed E-state index contributed by atoms with van der Waals surface area (Å²) in [6.07, 6.45) is 23.0. The SMILES string of the molecule is CCC/C=C/CC/C=C/CCCCCCCCC(=O)OC. The number of ether oxygens (including phenoxy) is 1. The lowest BCUT2D eigenvalue weighted by Crippen LogP contribution is -1.99. The van der Waals surface area contributed by atoms with Crippen LogP contribution in [0.4, 0.5) is 0 Å². The molecule has 122 valence electrons. The molecule has 0 saturated heterocycles. The molecule has 0 aliphatic rings. The van der Waals surface area contributed by atoms with E-state index in [9.17, 15) is 4.79 Å². The van der Waals surface area contributed by atoms with Crippen LogP contribution in [0.3, 0.4) is 0 Å². The van der Waals surface area contributed by atoms with E-state index in [1.54, 1.807) is 0 Å². The number of esters is 1. The minimum Gasteiger partial charge on any atom is -0.469 e. The highest BCUT2D eigenvalue weighted by atomic mass is 16.5. The maximum Gasteiger partial charge on any atom is 0.305 e. The number of methoxy groups -OCH3 is 1. The van der Waals surface area contributed by atoms with E-state index in [1.165, 1.54) is 64.9 Å². The zero-order valence-electron chi connectivity index (χ0n) is 14.1. The molecular formula is C19H34O2. The van der Waals surface area contributed by atoms with Crippen LogP contribution < -0.4 is 0 Å². The molecule has 0 bridgehead atoms. The predicted octanol–water partition coefficient (Wildman–Crippen LogP) is 5.97. The first-order valence-corrected chi connectivity index (χ1v) is 8.68. The van der Waals surface area contributed by atoms with E-state index in [2.05, 4.69) is 36.0 Å². The van der Waals surface area contributed by atoms with Crippen molar-refractivity contribution in [1.29, 1.82) is 0 Å². The topological polar surface area (TPSA) is 26.3 Å². The van der Waals surface area contributed by atoms with Gasteiger partial charge in [0.25, 0.3) is 0 Å². The van der Waals surface area contributed by atoms with Crippen molar-refractivity contribution >= 4 is 5.97 Å². The van der Waals surface area contributed by atoms with Crippen LogP contribution >= 0.6 is 0 Å². The first-order valence-electron chi connectivity index (χ1n) is 8.68. The third-order valence-electron chi connectivity index (χ3n) is 3.52. The van der Waals surface area contributed by atoms with Gasteiger partial charge in [0.1, 0.15) is 0 Å². The molecular weight excluding hydrogens is 260 g/mol. The van der Waals surface area contributed by atoms with Gasteiger partial charge in [0.2, 0.25) is 0 Å². The smallest absolute Gasteiger partial charge is 0.305 e. The fraction of sp³-hybridized carbons (Fsp3) is 0.737. The number of hydrogen-bond acceptors (Lipinski definition) is 2. The number of unbranched alkanes of at least 4 members (excludes halogenated alkanes) is 8. The molecule has 0 aliphatic heterocycles. The van der Waals surface area contributed by atoms with Crippen LogP contribution in [0, 0.1) is 0 Å². The summed E-state index contributed by atoms with van der Waals surface area (Å²) < 4.78 is 4.62. The molecule has 0 unspecified atom stereocenters. The van der Waals surface area contributed by atoms with Gasteiger partial charge in [0.15, 0.2) is 0 Å². The molecule has 0 amide bonds. The summed E-state index contributed by atoms with van der Waals surface area (Å²) in [5.74, 6) is -0.0790. The summed E-state index contributed by atoms with van der Waals surface area (Å²) in [6, 6.07) is 0. The summed E-state index contributed by atoms with van der Waals surface area (Å²) in [6.45, 7) is 2.21. The van der Waals surface area contributed by atoms with Crippen molar-refractivity contribution in [3.63, 3.8) is 0 Å². The molecule has 0 radical (unpaired) electrons. The average molecular weight is 294 g/mol. The van der Waals surface area contributed by atoms with E-state index >= 15 is 0 Å². The van der Waals surface area contributed by atoms with Gasteiger partial charge in [-0.1, -0.05) is 63.3 Å². The van der Waals surface area contributed by atoms with Gasteiger partial charge >= 0.3 is 5.97 Å². The van der Waals surface area contributed by atoms with E-state index in [-0.39, 0.29) is 5.97 Å². The van der Waals surface area contributed by atoms with Crippen LogP contribution in [0.2, 0.25) is 0 Å². The third-order valence-corrected chi connectivity index (χ3v) is 3.52. The molecule has 0 aromatic rings. The Labute approximate surface area is 131 Å². The predicted molar refractivity (Wildman–Crippen MR) is 91.4 cm³/mol. The van der Waals surface area contributed by atoms with Crippen molar-refractivity contribution in [2.24, 2.45) is 0 Å². The van der Waals surface area contributed by atoms with Crippen LogP contribution in [-0.2, 0) is 9.53 Å². The Bertz CT molecular complexity index is 279. The molecule has 0 fully saturated rings. The minimum atomic E-state index is -0.0790. The Morgan fingerprint density at radius 3 is 1.90 bits per heavy atom. The van der Waals surface area contributed by atoms with E-state index in [1.807, 2.05) is 0 Å². The lowest BCUT2D eigenvalue weighted by Gasteiger charge is -2.00. The molecule has 0 aliphatic carbocycles. The maximum absolute atomic E-state index is 10.9. The summed E-state index contributed by atoms with van der Waals surface area (Å²) in [4.78, 5) is 10.9. The third kappa shape index (κ3) is 16.9. The molecule has 2 nitrogen and oxygen atoms in total. The molecule has 0 N–H and O–H groups in total. The Balaban J connectivity index is 3.16. The van der Waals surface area contributed by atoms with Crippen molar-refractivity contribution in [1.82, 2.24) is 0 Å². The van der Waals surface area contributed by atoms with Gasteiger partial charge < -0.3 is 4.74 Å². The minimum absolute atomic E-state index is 0.0790.